The number of aromatic nitrogens is 1. The Bertz CT molecular complexity index is 432. The number of hydrogen-bond acceptors (Lipinski definition) is 4. The summed E-state index contributed by atoms with van der Waals surface area (Å²) in [7, 11) is 0. The van der Waals surface area contributed by atoms with E-state index in [-0.39, 0.29) is 36.8 Å². The van der Waals surface area contributed by atoms with Gasteiger partial charge >= 0.3 is 0 Å². The van der Waals surface area contributed by atoms with Crippen LogP contribution in [0.5, 0.6) is 0 Å². The lowest BCUT2D eigenvalue weighted by molar-refractivity contribution is -0.118. The normalized spacial score (nSPS) is 16.9. The molecule has 1 aliphatic heterocycles. The number of carbonyl (C=O) groups excluding carboxylic acids is 1. The maximum Gasteiger partial charge on any atom is 0.241 e. The smallest absolute Gasteiger partial charge is 0.241 e. The first-order chi connectivity index (χ1) is 9.74. The van der Waals surface area contributed by atoms with Crippen LogP contribution in [0.15, 0.2) is 18.3 Å². The van der Waals surface area contributed by atoms with Crippen LogP contribution in [0.3, 0.4) is 0 Å². The summed E-state index contributed by atoms with van der Waals surface area (Å²) in [5.74, 6) is 0.992. The van der Waals surface area contributed by atoms with Gasteiger partial charge in [-0.2, -0.15) is 0 Å². The molecule has 0 aromatic carbocycles. The van der Waals surface area contributed by atoms with Crippen molar-refractivity contribution in [1.82, 2.24) is 10.3 Å². The van der Waals surface area contributed by atoms with Crippen LogP contribution in [0.25, 0.3) is 0 Å². The summed E-state index contributed by atoms with van der Waals surface area (Å²) in [6.07, 6.45) is 4.92. The van der Waals surface area contributed by atoms with Crippen LogP contribution in [0.1, 0.15) is 33.1 Å². The van der Waals surface area contributed by atoms with E-state index in [0.717, 1.165) is 50.4 Å². The summed E-state index contributed by atoms with van der Waals surface area (Å²) < 4.78 is 0. The number of carbonyl (C=O) groups is 1. The number of nitrogens with zero attached hydrogens (tertiary/aromatic N) is 2. The zero-order valence-electron chi connectivity index (χ0n) is 13.2. The van der Waals surface area contributed by atoms with Crippen LogP contribution in [0.4, 0.5) is 11.5 Å². The van der Waals surface area contributed by atoms with Gasteiger partial charge < -0.3 is 15.5 Å². The quantitative estimate of drug-likeness (QED) is 0.858. The maximum absolute atomic E-state index is 12.1. The van der Waals surface area contributed by atoms with E-state index in [2.05, 4.69) is 34.4 Å². The second-order valence-electron chi connectivity index (χ2n) is 5.07. The van der Waals surface area contributed by atoms with E-state index >= 15 is 0 Å². The zero-order chi connectivity index (χ0) is 14.4. The number of pyridine rings is 1. The Labute approximate surface area is 145 Å². The van der Waals surface area contributed by atoms with E-state index in [1.807, 2.05) is 12.1 Å². The molecule has 0 bridgehead atoms. The van der Waals surface area contributed by atoms with Gasteiger partial charge in [0.1, 0.15) is 5.82 Å². The molecule has 0 unspecified atom stereocenters. The molecular weight excluding hydrogens is 323 g/mol. The lowest BCUT2D eigenvalue weighted by atomic mass is 10.0. The van der Waals surface area contributed by atoms with Gasteiger partial charge in [-0.3, -0.25) is 4.79 Å². The number of amides is 1. The van der Waals surface area contributed by atoms with Gasteiger partial charge in [-0.25, -0.2) is 4.98 Å². The van der Waals surface area contributed by atoms with E-state index in [1.54, 1.807) is 6.20 Å². The Balaban J connectivity index is 0.00000220. The van der Waals surface area contributed by atoms with Crippen LogP contribution in [-0.2, 0) is 4.79 Å². The van der Waals surface area contributed by atoms with Crippen molar-refractivity contribution in [2.75, 3.05) is 29.9 Å². The third-order valence-corrected chi connectivity index (χ3v) is 3.73. The minimum atomic E-state index is -0.0637. The van der Waals surface area contributed by atoms with Gasteiger partial charge in [0.15, 0.2) is 0 Å². The Hall–Kier alpha value is -1.04. The van der Waals surface area contributed by atoms with Gasteiger partial charge in [0.2, 0.25) is 5.91 Å². The van der Waals surface area contributed by atoms with Crippen molar-refractivity contribution in [2.45, 2.75) is 39.2 Å². The first-order valence-electron chi connectivity index (χ1n) is 7.49. The molecule has 5 nitrogen and oxygen atoms in total. The summed E-state index contributed by atoms with van der Waals surface area (Å²) >= 11 is 0. The molecule has 0 saturated carbocycles. The van der Waals surface area contributed by atoms with Crippen LogP contribution < -0.4 is 15.5 Å². The number of halogens is 2. The molecule has 1 amide bonds. The first-order valence-corrected chi connectivity index (χ1v) is 7.49. The molecule has 22 heavy (non-hydrogen) atoms. The van der Waals surface area contributed by atoms with Crippen LogP contribution in [0, 0.1) is 0 Å². The molecular formula is C15H26Cl2N4O. The maximum atomic E-state index is 12.1. The Morgan fingerprint density at radius 3 is 2.55 bits per heavy atom. The van der Waals surface area contributed by atoms with E-state index in [0.29, 0.717) is 0 Å². The highest BCUT2D eigenvalue weighted by atomic mass is 35.5. The third-order valence-electron chi connectivity index (χ3n) is 3.73. The van der Waals surface area contributed by atoms with Crippen molar-refractivity contribution >= 4 is 42.2 Å². The standard InChI is InChI=1S/C15H24N4O.2ClH/c1-3-19(4-2)14-9-8-12(11-17-14)18-15(20)13-7-5-6-10-16-13;;/h8-9,11,13,16H,3-7,10H2,1-2H3,(H,18,20);2*1H/t13-;;/m1../s1. The van der Waals surface area contributed by atoms with E-state index in [1.165, 1.54) is 0 Å². The Kier molecular flexibility index (Phi) is 10.1. The van der Waals surface area contributed by atoms with Crippen LogP contribution in [0.2, 0.25) is 0 Å². The Morgan fingerprint density at radius 1 is 1.32 bits per heavy atom. The monoisotopic (exact) mass is 348 g/mol. The van der Waals surface area contributed by atoms with E-state index in [4.69, 9.17) is 0 Å². The predicted molar refractivity (Wildman–Crippen MR) is 96.6 cm³/mol. The zero-order valence-corrected chi connectivity index (χ0v) is 14.8. The highest BCUT2D eigenvalue weighted by Gasteiger charge is 2.20. The molecule has 1 atom stereocenters. The molecule has 0 spiro atoms. The average Bonchev–Trinajstić information content (AvgIpc) is 2.51. The summed E-state index contributed by atoms with van der Waals surface area (Å²) in [4.78, 5) is 18.7. The summed E-state index contributed by atoms with van der Waals surface area (Å²) in [5.41, 5.74) is 0.762. The van der Waals surface area contributed by atoms with Gasteiger partial charge in [0.05, 0.1) is 17.9 Å². The number of anilines is 2. The SMILES string of the molecule is CCN(CC)c1ccc(NC(=O)[C@H]2CCCCN2)cn1.Cl.Cl. The van der Waals surface area contributed by atoms with Crippen LogP contribution in [-0.4, -0.2) is 36.6 Å². The van der Waals surface area contributed by atoms with Gasteiger partial charge in [0, 0.05) is 13.1 Å². The first kappa shape index (κ1) is 21.0. The summed E-state index contributed by atoms with van der Waals surface area (Å²) in [6.45, 7) is 7.00. The number of hydrogen-bond donors (Lipinski definition) is 2. The van der Waals surface area contributed by atoms with Crippen molar-refractivity contribution in [3.05, 3.63) is 18.3 Å². The largest absolute Gasteiger partial charge is 0.357 e. The molecule has 2 rings (SSSR count). The van der Waals surface area contributed by atoms with Crippen molar-refractivity contribution in [3.8, 4) is 0 Å². The Morgan fingerprint density at radius 2 is 2.05 bits per heavy atom. The topological polar surface area (TPSA) is 57.3 Å². The molecule has 1 fully saturated rings. The van der Waals surface area contributed by atoms with Gasteiger partial charge in [-0.05, 0) is 45.4 Å². The van der Waals surface area contributed by atoms with Crippen molar-refractivity contribution in [1.29, 1.82) is 0 Å². The minimum Gasteiger partial charge on any atom is -0.357 e. The highest BCUT2D eigenvalue weighted by Crippen LogP contribution is 2.15. The lowest BCUT2D eigenvalue weighted by Gasteiger charge is -2.23. The van der Waals surface area contributed by atoms with Crippen molar-refractivity contribution < 1.29 is 4.79 Å². The molecule has 1 aromatic heterocycles. The molecule has 0 aliphatic carbocycles. The van der Waals surface area contributed by atoms with Gasteiger partial charge in [-0.1, -0.05) is 6.42 Å². The number of rotatable bonds is 5. The average molecular weight is 349 g/mol. The molecule has 1 aromatic rings. The van der Waals surface area contributed by atoms with Crippen molar-refractivity contribution in [3.63, 3.8) is 0 Å². The third kappa shape index (κ3) is 5.63. The fraction of sp³-hybridized carbons (Fsp3) is 0.600. The number of nitrogens with one attached hydrogen (secondary N) is 2. The van der Waals surface area contributed by atoms with Crippen LogP contribution >= 0.6 is 24.8 Å². The second-order valence-corrected chi connectivity index (χ2v) is 5.07. The molecule has 0 radical (unpaired) electrons. The molecule has 126 valence electrons. The van der Waals surface area contributed by atoms with E-state index < -0.39 is 0 Å². The molecule has 1 saturated heterocycles. The highest BCUT2D eigenvalue weighted by molar-refractivity contribution is 5.94. The van der Waals surface area contributed by atoms with Gasteiger partial charge in [0.25, 0.3) is 0 Å². The van der Waals surface area contributed by atoms with Crippen molar-refractivity contribution in [2.24, 2.45) is 0 Å². The van der Waals surface area contributed by atoms with Gasteiger partial charge in [-0.15, -0.1) is 24.8 Å². The lowest BCUT2D eigenvalue weighted by Crippen LogP contribution is -2.43. The minimum absolute atomic E-state index is 0. The fourth-order valence-corrected chi connectivity index (χ4v) is 2.50. The predicted octanol–water partition coefficient (Wildman–Crippen LogP) is 2.85. The van der Waals surface area contributed by atoms with E-state index in [9.17, 15) is 4.79 Å². The number of piperidine rings is 1. The second kappa shape index (κ2) is 10.6. The molecule has 2 heterocycles. The molecule has 1 aliphatic rings. The molecule has 2 N–H and O–H groups in total. The summed E-state index contributed by atoms with van der Waals surface area (Å²) in [5, 5.41) is 6.18. The fourth-order valence-electron chi connectivity index (χ4n) is 2.50. The summed E-state index contributed by atoms with van der Waals surface area (Å²) in [6, 6.07) is 3.81. The molecule has 7 heteroatoms.